The predicted octanol–water partition coefficient (Wildman–Crippen LogP) is 4.60. The van der Waals surface area contributed by atoms with Gasteiger partial charge in [0.15, 0.2) is 5.82 Å². The van der Waals surface area contributed by atoms with Crippen LogP contribution in [0, 0.1) is 19.1 Å². The van der Waals surface area contributed by atoms with Crippen LogP contribution in [0.25, 0.3) is 28.1 Å². The number of aromatic nitrogens is 2. The standard InChI is InChI=1S/C20H14N2/c1-15-11-13-16(14-12-15)20-21-18-9-5-6-10-19(18)22(20)17-7-3-2-4-8-17/h2-11,13H,1H3. The van der Waals surface area contributed by atoms with Crippen LogP contribution in [0.5, 0.6) is 0 Å². The van der Waals surface area contributed by atoms with Gasteiger partial charge in [-0.2, -0.15) is 0 Å². The molecule has 104 valence electrons. The van der Waals surface area contributed by atoms with Crippen molar-refractivity contribution >= 4 is 11.0 Å². The maximum absolute atomic E-state index is 4.80. The minimum Gasteiger partial charge on any atom is -0.292 e. The lowest BCUT2D eigenvalue weighted by molar-refractivity contribution is 1.10. The second-order valence-corrected chi connectivity index (χ2v) is 5.28. The van der Waals surface area contributed by atoms with Crippen molar-refractivity contribution in [1.29, 1.82) is 0 Å². The Morgan fingerprint density at radius 1 is 0.818 bits per heavy atom. The Balaban J connectivity index is 2.04. The highest BCUT2D eigenvalue weighted by Gasteiger charge is 2.13. The molecule has 0 aliphatic heterocycles. The molecule has 0 aliphatic rings. The van der Waals surface area contributed by atoms with Crippen molar-refractivity contribution in [3.63, 3.8) is 0 Å². The SMILES string of the molecule is Cc1c#cc(-c2nc3ccccc3n2-c2ccccc2)cc1. The van der Waals surface area contributed by atoms with E-state index in [-0.39, 0.29) is 0 Å². The molecule has 0 bridgehead atoms. The molecule has 1 heterocycles. The largest absolute Gasteiger partial charge is 0.292 e. The Kier molecular flexibility index (Phi) is 2.91. The van der Waals surface area contributed by atoms with Gasteiger partial charge < -0.3 is 0 Å². The quantitative estimate of drug-likeness (QED) is 0.525. The zero-order chi connectivity index (χ0) is 14.9. The first kappa shape index (κ1) is 12.7. The molecule has 0 amide bonds. The minimum atomic E-state index is 0.892. The molecule has 0 aliphatic carbocycles. The van der Waals surface area contributed by atoms with E-state index in [2.05, 4.69) is 34.9 Å². The number of rotatable bonds is 2. The van der Waals surface area contributed by atoms with Crippen LogP contribution in [-0.2, 0) is 0 Å². The normalized spacial score (nSPS) is 10.6. The van der Waals surface area contributed by atoms with E-state index >= 15 is 0 Å². The molecular formula is C20H14N2. The van der Waals surface area contributed by atoms with Crippen LogP contribution in [0.3, 0.4) is 0 Å². The Hall–Kier alpha value is -3.05. The van der Waals surface area contributed by atoms with Crippen LogP contribution >= 0.6 is 0 Å². The van der Waals surface area contributed by atoms with E-state index in [1.807, 2.05) is 55.5 Å². The van der Waals surface area contributed by atoms with Crippen molar-refractivity contribution in [2.75, 3.05) is 0 Å². The summed E-state index contributed by atoms with van der Waals surface area (Å²) in [6.07, 6.45) is 0. The van der Waals surface area contributed by atoms with E-state index in [9.17, 15) is 0 Å². The van der Waals surface area contributed by atoms with Gasteiger partial charge in [-0.1, -0.05) is 42.5 Å². The lowest BCUT2D eigenvalue weighted by Gasteiger charge is -2.08. The first-order valence-corrected chi connectivity index (χ1v) is 7.27. The van der Waals surface area contributed by atoms with Gasteiger partial charge >= 0.3 is 0 Å². The zero-order valence-electron chi connectivity index (χ0n) is 12.2. The summed E-state index contributed by atoms with van der Waals surface area (Å²) in [6, 6.07) is 28.9. The summed E-state index contributed by atoms with van der Waals surface area (Å²) in [5.41, 5.74) is 5.20. The Labute approximate surface area is 129 Å². The minimum absolute atomic E-state index is 0.892. The molecule has 0 fully saturated rings. The third-order valence-electron chi connectivity index (χ3n) is 3.71. The summed E-state index contributed by atoms with van der Waals surface area (Å²) in [6.45, 7) is 2.01. The Morgan fingerprint density at radius 3 is 2.36 bits per heavy atom. The highest BCUT2D eigenvalue weighted by atomic mass is 15.1. The topological polar surface area (TPSA) is 17.8 Å². The van der Waals surface area contributed by atoms with Crippen LogP contribution in [0.2, 0.25) is 0 Å². The Morgan fingerprint density at radius 2 is 1.59 bits per heavy atom. The van der Waals surface area contributed by atoms with E-state index < -0.39 is 0 Å². The number of hydrogen-bond acceptors (Lipinski definition) is 1. The number of imidazole rings is 1. The van der Waals surface area contributed by atoms with Gasteiger partial charge in [-0.15, -0.1) is 0 Å². The molecule has 4 aromatic rings. The molecule has 0 spiro atoms. The van der Waals surface area contributed by atoms with Crippen LogP contribution in [0.4, 0.5) is 0 Å². The fourth-order valence-corrected chi connectivity index (χ4v) is 2.63. The summed E-state index contributed by atoms with van der Waals surface area (Å²) in [5.74, 6) is 0.892. The second-order valence-electron chi connectivity index (χ2n) is 5.28. The van der Waals surface area contributed by atoms with E-state index in [0.717, 1.165) is 33.7 Å². The molecular weight excluding hydrogens is 268 g/mol. The van der Waals surface area contributed by atoms with Gasteiger partial charge in [0.25, 0.3) is 0 Å². The zero-order valence-corrected chi connectivity index (χ0v) is 12.2. The van der Waals surface area contributed by atoms with Gasteiger partial charge in [-0.3, -0.25) is 4.57 Å². The van der Waals surface area contributed by atoms with Crippen molar-refractivity contribution < 1.29 is 0 Å². The molecule has 0 saturated heterocycles. The summed E-state index contributed by atoms with van der Waals surface area (Å²) in [5, 5.41) is 0. The number of nitrogens with zero attached hydrogens (tertiary/aromatic N) is 2. The lowest BCUT2D eigenvalue weighted by Crippen LogP contribution is -1.96. The van der Waals surface area contributed by atoms with Gasteiger partial charge in [0.2, 0.25) is 0 Å². The van der Waals surface area contributed by atoms with Crippen LogP contribution in [-0.4, -0.2) is 9.55 Å². The third kappa shape index (κ3) is 2.04. The monoisotopic (exact) mass is 282 g/mol. The van der Waals surface area contributed by atoms with E-state index in [4.69, 9.17) is 4.98 Å². The fourth-order valence-electron chi connectivity index (χ4n) is 2.63. The fraction of sp³-hybridized carbons (Fsp3) is 0.0500. The van der Waals surface area contributed by atoms with Gasteiger partial charge in [0, 0.05) is 5.69 Å². The van der Waals surface area contributed by atoms with Crippen molar-refractivity contribution in [2.45, 2.75) is 6.92 Å². The van der Waals surface area contributed by atoms with Crippen LogP contribution < -0.4 is 0 Å². The molecule has 22 heavy (non-hydrogen) atoms. The molecule has 0 unspecified atom stereocenters. The number of para-hydroxylation sites is 3. The van der Waals surface area contributed by atoms with Gasteiger partial charge in [-0.25, -0.2) is 4.98 Å². The summed E-state index contributed by atoms with van der Waals surface area (Å²) in [4.78, 5) is 4.80. The molecule has 2 heteroatoms. The molecule has 2 nitrogen and oxygen atoms in total. The lowest BCUT2D eigenvalue weighted by atomic mass is 10.2. The van der Waals surface area contributed by atoms with Crippen molar-refractivity contribution in [3.8, 4) is 17.1 Å². The predicted molar refractivity (Wildman–Crippen MR) is 88.9 cm³/mol. The molecule has 3 aromatic carbocycles. The van der Waals surface area contributed by atoms with Gasteiger partial charge in [0.1, 0.15) is 0 Å². The van der Waals surface area contributed by atoms with Crippen molar-refractivity contribution in [2.24, 2.45) is 0 Å². The number of aryl methyl sites for hydroxylation is 1. The molecule has 1 aromatic heterocycles. The third-order valence-corrected chi connectivity index (χ3v) is 3.71. The summed E-state index contributed by atoms with van der Waals surface area (Å²) < 4.78 is 2.17. The first-order valence-electron chi connectivity index (χ1n) is 7.27. The average Bonchev–Trinajstić information content (AvgIpc) is 2.96. The number of fused-ring (bicyclic) bond motifs is 1. The molecule has 0 radical (unpaired) electrons. The maximum Gasteiger partial charge on any atom is 0.154 e. The van der Waals surface area contributed by atoms with E-state index in [1.54, 1.807) is 0 Å². The Bertz CT molecular complexity index is 919. The van der Waals surface area contributed by atoms with E-state index in [0.29, 0.717) is 0 Å². The maximum atomic E-state index is 4.80. The molecule has 0 atom stereocenters. The molecule has 0 saturated carbocycles. The summed E-state index contributed by atoms with van der Waals surface area (Å²) >= 11 is 0. The summed E-state index contributed by atoms with van der Waals surface area (Å²) in [7, 11) is 0. The van der Waals surface area contributed by atoms with Gasteiger partial charge in [0.05, 0.1) is 16.6 Å². The number of hydrogen-bond donors (Lipinski definition) is 0. The van der Waals surface area contributed by atoms with Crippen LogP contribution in [0.1, 0.15) is 5.56 Å². The van der Waals surface area contributed by atoms with Crippen molar-refractivity contribution in [3.05, 3.63) is 84.4 Å². The van der Waals surface area contributed by atoms with Crippen LogP contribution in [0.15, 0.2) is 66.7 Å². The van der Waals surface area contributed by atoms with Crippen molar-refractivity contribution in [1.82, 2.24) is 9.55 Å². The first-order chi connectivity index (χ1) is 10.8. The smallest absolute Gasteiger partial charge is 0.154 e. The average molecular weight is 282 g/mol. The molecule has 4 rings (SSSR count). The number of benzene rings is 2. The van der Waals surface area contributed by atoms with E-state index in [1.165, 1.54) is 0 Å². The van der Waals surface area contributed by atoms with Gasteiger partial charge in [-0.05, 0) is 48.9 Å². The molecule has 0 N–H and O–H groups in total. The second kappa shape index (κ2) is 5.05. The highest BCUT2D eigenvalue weighted by molar-refractivity contribution is 5.82. The highest BCUT2D eigenvalue weighted by Crippen LogP contribution is 2.27.